The summed E-state index contributed by atoms with van der Waals surface area (Å²) in [6, 6.07) is 7.45. The van der Waals surface area contributed by atoms with Gasteiger partial charge in [-0.3, -0.25) is 0 Å². The molecule has 0 atom stereocenters. The lowest BCUT2D eigenvalue weighted by Gasteiger charge is -2.01. The van der Waals surface area contributed by atoms with Gasteiger partial charge in [0.15, 0.2) is 0 Å². The van der Waals surface area contributed by atoms with Gasteiger partial charge in [-0.05, 0) is 52.8 Å². The molecule has 12 heavy (non-hydrogen) atoms. The molecule has 3 heteroatoms. The van der Waals surface area contributed by atoms with Crippen LogP contribution in [0.4, 0.5) is 0 Å². The molecule has 0 heterocycles. The third kappa shape index (κ3) is 2.38. The van der Waals surface area contributed by atoms with Gasteiger partial charge in [0.2, 0.25) is 0 Å². The minimum Gasteiger partial charge on any atom is -0.508 e. The third-order valence-electron chi connectivity index (χ3n) is 1.55. The van der Waals surface area contributed by atoms with E-state index in [0.717, 1.165) is 9.13 Å². The van der Waals surface area contributed by atoms with Gasteiger partial charge in [0, 0.05) is 9.99 Å². The molecular weight excluding hydrogens is 265 g/mol. The maximum absolute atomic E-state index is 9.35. The molecule has 0 unspecified atom stereocenters. The fraction of sp³-hybridized carbons (Fsp3) is 0.222. The van der Waals surface area contributed by atoms with Crippen LogP contribution in [0.25, 0.3) is 0 Å². The van der Waals surface area contributed by atoms with Crippen LogP contribution < -0.4 is 0 Å². The van der Waals surface area contributed by atoms with Crippen molar-refractivity contribution in [2.75, 3.05) is 0 Å². The van der Waals surface area contributed by atoms with Crippen molar-refractivity contribution in [3.8, 4) is 11.8 Å². The van der Waals surface area contributed by atoms with E-state index in [2.05, 4.69) is 22.6 Å². The van der Waals surface area contributed by atoms with E-state index in [-0.39, 0.29) is 5.75 Å². The second kappa shape index (κ2) is 4.31. The summed E-state index contributed by atoms with van der Waals surface area (Å²) in [4.78, 5) is 0. The Labute approximate surface area is 85.0 Å². The first-order valence-electron chi connectivity index (χ1n) is 3.58. The average molecular weight is 273 g/mol. The molecule has 1 aromatic carbocycles. The number of phenols is 1. The number of aryl methyl sites for hydroxylation is 1. The minimum absolute atomic E-state index is 0.283. The quantitative estimate of drug-likeness (QED) is 0.841. The van der Waals surface area contributed by atoms with Crippen molar-refractivity contribution in [2.45, 2.75) is 12.8 Å². The molecule has 0 amide bonds. The van der Waals surface area contributed by atoms with Crippen LogP contribution in [0.1, 0.15) is 12.0 Å². The smallest absolute Gasteiger partial charge is 0.118 e. The minimum atomic E-state index is 0.283. The van der Waals surface area contributed by atoms with E-state index in [0.29, 0.717) is 12.8 Å². The highest BCUT2D eigenvalue weighted by atomic mass is 127. The molecule has 0 bridgehead atoms. The molecule has 1 N–H and O–H groups in total. The normalized spacial score (nSPS) is 9.33. The van der Waals surface area contributed by atoms with Crippen LogP contribution in [0.15, 0.2) is 18.2 Å². The first-order chi connectivity index (χ1) is 5.74. The SMILES string of the molecule is N#CCCc1cc(I)ccc1O. The number of nitrogens with zero attached hydrogens (tertiary/aromatic N) is 1. The molecule has 0 aliphatic rings. The average Bonchev–Trinajstić information content (AvgIpc) is 2.07. The molecule has 0 aromatic heterocycles. The molecule has 1 aromatic rings. The van der Waals surface area contributed by atoms with Crippen LogP contribution in [0, 0.1) is 14.9 Å². The van der Waals surface area contributed by atoms with Crippen LogP contribution in [-0.4, -0.2) is 5.11 Å². The van der Waals surface area contributed by atoms with Crippen molar-refractivity contribution < 1.29 is 5.11 Å². The number of hydrogen-bond acceptors (Lipinski definition) is 2. The zero-order valence-corrected chi connectivity index (χ0v) is 8.58. The largest absolute Gasteiger partial charge is 0.508 e. The first-order valence-corrected chi connectivity index (χ1v) is 4.66. The maximum Gasteiger partial charge on any atom is 0.118 e. The van der Waals surface area contributed by atoms with Crippen molar-refractivity contribution in [3.05, 3.63) is 27.3 Å². The van der Waals surface area contributed by atoms with Crippen molar-refractivity contribution in [1.29, 1.82) is 5.26 Å². The Kier molecular flexibility index (Phi) is 3.35. The summed E-state index contributed by atoms with van der Waals surface area (Å²) in [7, 11) is 0. The summed E-state index contributed by atoms with van der Waals surface area (Å²) in [5.41, 5.74) is 0.850. The van der Waals surface area contributed by atoms with Crippen molar-refractivity contribution in [3.63, 3.8) is 0 Å². The summed E-state index contributed by atoms with van der Waals surface area (Å²) >= 11 is 2.18. The highest BCUT2D eigenvalue weighted by Crippen LogP contribution is 2.20. The van der Waals surface area contributed by atoms with Gasteiger partial charge in [0.25, 0.3) is 0 Å². The summed E-state index contributed by atoms with van der Waals surface area (Å²) < 4.78 is 1.08. The molecule has 62 valence electrons. The first kappa shape index (κ1) is 9.33. The van der Waals surface area contributed by atoms with Gasteiger partial charge < -0.3 is 5.11 Å². The zero-order chi connectivity index (χ0) is 8.97. The van der Waals surface area contributed by atoms with Crippen molar-refractivity contribution in [1.82, 2.24) is 0 Å². The Morgan fingerprint density at radius 2 is 2.25 bits per heavy atom. The van der Waals surface area contributed by atoms with E-state index in [1.165, 1.54) is 0 Å². The molecule has 2 nitrogen and oxygen atoms in total. The zero-order valence-electron chi connectivity index (χ0n) is 6.42. The van der Waals surface area contributed by atoms with E-state index in [9.17, 15) is 5.11 Å². The van der Waals surface area contributed by atoms with Crippen LogP contribution in [-0.2, 0) is 6.42 Å². The predicted octanol–water partition coefficient (Wildman–Crippen LogP) is 2.45. The highest BCUT2D eigenvalue weighted by Gasteiger charge is 2.00. The summed E-state index contributed by atoms with van der Waals surface area (Å²) in [6.45, 7) is 0. The summed E-state index contributed by atoms with van der Waals surface area (Å²) in [6.07, 6.45) is 1.08. The number of aromatic hydroxyl groups is 1. The Morgan fingerprint density at radius 1 is 1.50 bits per heavy atom. The molecule has 0 fully saturated rings. The van der Waals surface area contributed by atoms with Gasteiger partial charge in [-0.25, -0.2) is 0 Å². The second-order valence-electron chi connectivity index (χ2n) is 2.43. The Morgan fingerprint density at radius 3 is 2.92 bits per heavy atom. The van der Waals surface area contributed by atoms with Crippen LogP contribution in [0.5, 0.6) is 5.75 Å². The van der Waals surface area contributed by atoms with Crippen molar-refractivity contribution in [2.24, 2.45) is 0 Å². The number of rotatable bonds is 2. The Bertz CT molecular complexity index is 317. The lowest BCUT2D eigenvalue weighted by Crippen LogP contribution is -1.85. The number of nitriles is 1. The van der Waals surface area contributed by atoms with E-state index < -0.39 is 0 Å². The molecule has 0 aliphatic heterocycles. The molecule has 0 aliphatic carbocycles. The van der Waals surface area contributed by atoms with Gasteiger partial charge in [0.1, 0.15) is 5.75 Å². The second-order valence-corrected chi connectivity index (χ2v) is 3.68. The monoisotopic (exact) mass is 273 g/mol. The summed E-state index contributed by atoms with van der Waals surface area (Å²) in [5, 5.41) is 17.7. The highest BCUT2D eigenvalue weighted by molar-refractivity contribution is 14.1. The van der Waals surface area contributed by atoms with Crippen LogP contribution >= 0.6 is 22.6 Å². The van der Waals surface area contributed by atoms with Crippen LogP contribution in [0.3, 0.4) is 0 Å². The number of phenolic OH excluding ortho intramolecular Hbond substituents is 1. The molecule has 1 rings (SSSR count). The molecule has 0 radical (unpaired) electrons. The predicted molar refractivity (Wildman–Crippen MR) is 54.8 cm³/mol. The van der Waals surface area contributed by atoms with Gasteiger partial charge in [-0.15, -0.1) is 0 Å². The van der Waals surface area contributed by atoms with E-state index >= 15 is 0 Å². The van der Waals surface area contributed by atoms with E-state index in [1.807, 2.05) is 18.2 Å². The standard InChI is InChI=1S/C9H8INO/c10-8-3-4-9(12)7(6-8)2-1-5-11/h3-4,6,12H,1-2H2. The summed E-state index contributed by atoms with van der Waals surface area (Å²) in [5.74, 6) is 0.283. The van der Waals surface area contributed by atoms with E-state index in [1.54, 1.807) is 6.07 Å². The number of hydrogen-bond donors (Lipinski definition) is 1. The van der Waals surface area contributed by atoms with Gasteiger partial charge in [-0.2, -0.15) is 5.26 Å². The van der Waals surface area contributed by atoms with Crippen molar-refractivity contribution >= 4 is 22.6 Å². The third-order valence-corrected chi connectivity index (χ3v) is 2.22. The maximum atomic E-state index is 9.35. The fourth-order valence-corrected chi connectivity index (χ4v) is 1.50. The number of benzene rings is 1. The number of halogens is 1. The Balaban J connectivity index is 2.84. The Hall–Kier alpha value is -0.760. The van der Waals surface area contributed by atoms with E-state index in [4.69, 9.17) is 5.26 Å². The lowest BCUT2D eigenvalue weighted by atomic mass is 10.1. The molecular formula is C9H8INO. The van der Waals surface area contributed by atoms with Gasteiger partial charge >= 0.3 is 0 Å². The molecule has 0 spiro atoms. The lowest BCUT2D eigenvalue weighted by molar-refractivity contribution is 0.468. The topological polar surface area (TPSA) is 44.0 Å². The van der Waals surface area contributed by atoms with Gasteiger partial charge in [0.05, 0.1) is 6.07 Å². The molecule has 0 saturated carbocycles. The molecule has 0 saturated heterocycles. The van der Waals surface area contributed by atoms with Gasteiger partial charge in [-0.1, -0.05) is 0 Å². The van der Waals surface area contributed by atoms with Crippen LogP contribution in [0.2, 0.25) is 0 Å². The fourth-order valence-electron chi connectivity index (χ4n) is 0.945.